The SMILES string of the molecule is O=C([O-])C(F)(F)F.[NH3+][C@H]1[C@@H](O)CCCC1(F)F. The number of hydrogen-bond donors (Lipinski definition) is 2. The molecule has 1 fully saturated rings. The van der Waals surface area contributed by atoms with E-state index in [2.05, 4.69) is 5.73 Å². The first-order valence-corrected chi connectivity index (χ1v) is 4.65. The molecule has 1 aliphatic carbocycles. The molecular weight excluding hydrogens is 253 g/mol. The van der Waals surface area contributed by atoms with E-state index in [0.717, 1.165) is 0 Å². The van der Waals surface area contributed by atoms with Crippen LogP contribution in [0.4, 0.5) is 22.0 Å². The number of hydrogen-bond acceptors (Lipinski definition) is 3. The third kappa shape index (κ3) is 5.26. The monoisotopic (exact) mass is 265 g/mol. The molecule has 2 atom stereocenters. The van der Waals surface area contributed by atoms with Gasteiger partial charge in [-0.3, -0.25) is 0 Å². The van der Waals surface area contributed by atoms with Crippen LogP contribution >= 0.6 is 0 Å². The first-order valence-electron chi connectivity index (χ1n) is 4.65. The van der Waals surface area contributed by atoms with Crippen LogP contribution in [0.1, 0.15) is 19.3 Å². The molecule has 0 aromatic heterocycles. The maximum absolute atomic E-state index is 12.6. The van der Waals surface area contributed by atoms with Crippen LogP contribution in [-0.2, 0) is 4.79 Å². The van der Waals surface area contributed by atoms with Gasteiger partial charge in [-0.05, 0) is 12.8 Å². The molecule has 1 saturated carbocycles. The molecule has 0 saturated heterocycles. The van der Waals surface area contributed by atoms with Gasteiger partial charge in [0.2, 0.25) is 0 Å². The number of aliphatic hydroxyl groups excluding tert-OH is 1. The summed E-state index contributed by atoms with van der Waals surface area (Å²) in [5.41, 5.74) is 3.23. The van der Waals surface area contributed by atoms with Gasteiger partial charge in [-0.15, -0.1) is 0 Å². The van der Waals surface area contributed by atoms with E-state index in [0.29, 0.717) is 12.8 Å². The molecule has 0 aromatic rings. The number of carbonyl (C=O) groups excluding carboxylic acids is 1. The summed E-state index contributed by atoms with van der Waals surface area (Å²) in [4.78, 5) is 8.78. The van der Waals surface area contributed by atoms with Crippen molar-refractivity contribution in [2.24, 2.45) is 0 Å². The average Bonchev–Trinajstić information content (AvgIpc) is 2.13. The molecule has 4 nitrogen and oxygen atoms in total. The van der Waals surface area contributed by atoms with E-state index in [4.69, 9.17) is 15.0 Å². The molecule has 0 unspecified atom stereocenters. The van der Waals surface area contributed by atoms with Gasteiger partial charge in [-0.1, -0.05) is 0 Å². The molecule has 0 spiro atoms. The minimum atomic E-state index is -5.19. The Labute approximate surface area is 93.2 Å². The number of aliphatic hydroxyl groups is 1. The van der Waals surface area contributed by atoms with Crippen molar-refractivity contribution in [2.45, 2.75) is 43.5 Å². The lowest BCUT2D eigenvalue weighted by atomic mass is 9.90. The van der Waals surface area contributed by atoms with Crippen LogP contribution < -0.4 is 10.8 Å². The Morgan fingerprint density at radius 3 is 2.06 bits per heavy atom. The Morgan fingerprint density at radius 1 is 1.41 bits per heavy atom. The molecule has 1 rings (SSSR count). The molecule has 0 aliphatic heterocycles. The third-order valence-corrected chi connectivity index (χ3v) is 2.25. The van der Waals surface area contributed by atoms with Crippen LogP contribution in [0, 0.1) is 0 Å². The van der Waals surface area contributed by atoms with Crippen molar-refractivity contribution in [1.29, 1.82) is 0 Å². The Hall–Kier alpha value is -0.960. The van der Waals surface area contributed by atoms with Crippen LogP contribution in [0.15, 0.2) is 0 Å². The van der Waals surface area contributed by atoms with Gasteiger partial charge in [0.05, 0.1) is 0 Å². The highest BCUT2D eigenvalue weighted by atomic mass is 19.4. The predicted octanol–water partition coefficient (Wildman–Crippen LogP) is -0.924. The standard InChI is InChI=1S/C6H11F2NO.C2HF3O2/c7-6(8)3-1-2-4(10)5(6)9;3-2(4,5)1(6)7/h4-5,10H,1-3,9H2;(H,6,7)/t4-,5-;/m0./s1. The minimum absolute atomic E-state index is 0.127. The number of aliphatic carboxylic acids is 1. The number of carbonyl (C=O) groups is 1. The normalized spacial score (nSPS) is 27.9. The summed E-state index contributed by atoms with van der Waals surface area (Å²) in [5.74, 6) is -5.76. The third-order valence-electron chi connectivity index (χ3n) is 2.25. The zero-order chi connectivity index (χ0) is 13.9. The number of carboxylic acids is 1. The van der Waals surface area contributed by atoms with E-state index in [1.165, 1.54) is 0 Å². The van der Waals surface area contributed by atoms with E-state index in [9.17, 15) is 22.0 Å². The van der Waals surface area contributed by atoms with Crippen molar-refractivity contribution in [3.05, 3.63) is 0 Å². The fourth-order valence-corrected chi connectivity index (χ4v) is 1.21. The molecule has 1 aliphatic rings. The minimum Gasteiger partial charge on any atom is -0.542 e. The Kier molecular flexibility index (Phi) is 5.27. The second kappa shape index (κ2) is 5.58. The van der Waals surface area contributed by atoms with Crippen molar-refractivity contribution < 1.29 is 42.7 Å². The van der Waals surface area contributed by atoms with Crippen LogP contribution in [0.2, 0.25) is 0 Å². The molecule has 17 heavy (non-hydrogen) atoms. The molecule has 4 N–H and O–H groups in total. The number of halogens is 5. The molecule has 0 amide bonds. The van der Waals surface area contributed by atoms with Gasteiger partial charge in [0.1, 0.15) is 12.1 Å². The number of quaternary nitrogens is 1. The average molecular weight is 265 g/mol. The van der Waals surface area contributed by atoms with E-state index >= 15 is 0 Å². The van der Waals surface area contributed by atoms with Gasteiger partial charge in [-0.25, -0.2) is 0 Å². The van der Waals surface area contributed by atoms with Gasteiger partial charge < -0.3 is 20.7 Å². The second-order valence-corrected chi connectivity index (χ2v) is 3.61. The quantitative estimate of drug-likeness (QED) is 0.555. The largest absolute Gasteiger partial charge is 0.542 e. The van der Waals surface area contributed by atoms with Gasteiger partial charge in [0.15, 0.2) is 6.04 Å². The molecule has 102 valence electrons. The Morgan fingerprint density at radius 2 is 1.82 bits per heavy atom. The highest BCUT2D eigenvalue weighted by molar-refractivity contribution is 5.70. The molecule has 0 bridgehead atoms. The number of rotatable bonds is 0. The zero-order valence-electron chi connectivity index (χ0n) is 8.64. The number of alkyl halides is 5. The summed E-state index contributed by atoms with van der Waals surface area (Å²) in [6.45, 7) is 0. The lowest BCUT2D eigenvalue weighted by molar-refractivity contribution is -0.484. The molecule has 0 heterocycles. The second-order valence-electron chi connectivity index (χ2n) is 3.61. The van der Waals surface area contributed by atoms with Gasteiger partial charge >= 0.3 is 12.1 Å². The van der Waals surface area contributed by atoms with Crippen LogP contribution in [0.5, 0.6) is 0 Å². The number of carboxylic acid groups (broad SMARTS) is 1. The zero-order valence-corrected chi connectivity index (χ0v) is 8.64. The van der Waals surface area contributed by atoms with Crippen molar-refractivity contribution in [3.8, 4) is 0 Å². The first-order chi connectivity index (χ1) is 7.48. The smallest absolute Gasteiger partial charge is 0.430 e. The summed E-state index contributed by atoms with van der Waals surface area (Å²) >= 11 is 0. The summed E-state index contributed by atoms with van der Waals surface area (Å²) in [6.07, 6.45) is -5.37. The van der Waals surface area contributed by atoms with E-state index in [1.54, 1.807) is 0 Å². The van der Waals surface area contributed by atoms with Crippen molar-refractivity contribution in [3.63, 3.8) is 0 Å². The Balaban J connectivity index is 0.000000325. The Bertz CT molecular complexity index is 268. The van der Waals surface area contributed by atoms with Gasteiger partial charge in [-0.2, -0.15) is 22.0 Å². The van der Waals surface area contributed by atoms with Crippen molar-refractivity contribution in [1.82, 2.24) is 0 Å². The summed E-state index contributed by atoms with van der Waals surface area (Å²) in [7, 11) is 0. The van der Waals surface area contributed by atoms with E-state index < -0.39 is 30.2 Å². The fraction of sp³-hybridized carbons (Fsp3) is 0.875. The van der Waals surface area contributed by atoms with Crippen LogP contribution in [0.3, 0.4) is 0 Å². The lowest BCUT2D eigenvalue weighted by Gasteiger charge is -2.29. The van der Waals surface area contributed by atoms with E-state index in [-0.39, 0.29) is 6.42 Å². The summed E-state index contributed by atoms with van der Waals surface area (Å²) in [6, 6.07) is -1.11. The molecule has 9 heteroatoms. The van der Waals surface area contributed by atoms with Gasteiger partial charge in [0, 0.05) is 6.42 Å². The predicted molar refractivity (Wildman–Crippen MR) is 42.5 cm³/mol. The summed E-state index contributed by atoms with van der Waals surface area (Å²) < 4.78 is 56.8. The fourth-order valence-electron chi connectivity index (χ4n) is 1.21. The highest BCUT2D eigenvalue weighted by Gasteiger charge is 2.47. The van der Waals surface area contributed by atoms with Gasteiger partial charge in [0.25, 0.3) is 0 Å². The van der Waals surface area contributed by atoms with Crippen LogP contribution in [-0.4, -0.2) is 35.3 Å². The van der Waals surface area contributed by atoms with Crippen molar-refractivity contribution in [2.75, 3.05) is 0 Å². The summed E-state index contributed by atoms with van der Waals surface area (Å²) in [5, 5.41) is 17.8. The first kappa shape index (κ1) is 16.0. The van der Waals surface area contributed by atoms with Crippen molar-refractivity contribution >= 4 is 5.97 Å². The highest BCUT2D eigenvalue weighted by Crippen LogP contribution is 2.31. The maximum Gasteiger partial charge on any atom is 0.430 e. The lowest BCUT2D eigenvalue weighted by Crippen LogP contribution is -2.74. The topological polar surface area (TPSA) is 88.0 Å². The molecular formula is C8H12F5NO3. The maximum atomic E-state index is 12.6. The van der Waals surface area contributed by atoms with E-state index in [1.807, 2.05) is 0 Å². The molecule has 0 aromatic carbocycles. The van der Waals surface area contributed by atoms with Crippen LogP contribution in [0.25, 0.3) is 0 Å². The molecule has 0 radical (unpaired) electrons.